The molecule has 2 aliphatic carbocycles. The lowest BCUT2D eigenvalue weighted by atomic mass is 9.67. The van der Waals surface area contributed by atoms with Crippen molar-refractivity contribution in [3.8, 4) is 0 Å². The molecule has 1 aromatic carbocycles. The van der Waals surface area contributed by atoms with Crippen molar-refractivity contribution >= 4 is 21.7 Å². The Morgan fingerprint density at radius 1 is 0.781 bits per heavy atom. The lowest BCUT2D eigenvalue weighted by molar-refractivity contribution is -0.144. The molecule has 32 heavy (non-hydrogen) atoms. The van der Waals surface area contributed by atoms with E-state index in [1.807, 2.05) is 39.5 Å². The molecule has 0 aromatic heterocycles. The number of Topliss-reactive ketones (excluding diaryl/α,β-unsaturated/α-hetero) is 1. The van der Waals surface area contributed by atoms with Crippen LogP contribution in [0.1, 0.15) is 59.9 Å². The first-order chi connectivity index (χ1) is 15.0. The second-order valence-electron chi connectivity index (χ2n) is 10.1. The van der Waals surface area contributed by atoms with Gasteiger partial charge in [-0.25, -0.2) is 8.42 Å². The number of amides is 1. The van der Waals surface area contributed by atoms with Gasteiger partial charge >= 0.3 is 0 Å². The van der Waals surface area contributed by atoms with Crippen molar-refractivity contribution in [3.63, 3.8) is 0 Å². The third-order valence-corrected chi connectivity index (χ3v) is 10.6. The van der Waals surface area contributed by atoms with Gasteiger partial charge < -0.3 is 4.90 Å². The van der Waals surface area contributed by atoms with E-state index < -0.39 is 10.0 Å². The monoisotopic (exact) mass is 460 g/mol. The Labute approximate surface area is 192 Å². The maximum absolute atomic E-state index is 13.6. The molecule has 176 valence electrons. The molecule has 1 aliphatic heterocycles. The third-order valence-electron chi connectivity index (χ3n) is 8.48. The van der Waals surface area contributed by atoms with Gasteiger partial charge in [0, 0.05) is 43.9 Å². The summed E-state index contributed by atoms with van der Waals surface area (Å²) in [5.41, 5.74) is 4.84. The predicted octanol–water partition coefficient (Wildman–Crippen LogP) is 3.46. The Morgan fingerprint density at radius 2 is 1.25 bits per heavy atom. The third kappa shape index (κ3) is 3.81. The first-order valence-corrected chi connectivity index (χ1v) is 13.4. The zero-order chi connectivity index (χ0) is 23.4. The van der Waals surface area contributed by atoms with Crippen molar-refractivity contribution in [2.24, 2.45) is 17.8 Å². The number of benzene rings is 1. The van der Waals surface area contributed by atoms with E-state index >= 15 is 0 Å². The zero-order valence-electron chi connectivity index (χ0n) is 20.0. The summed E-state index contributed by atoms with van der Waals surface area (Å²) in [6.45, 7) is 11.3. The van der Waals surface area contributed by atoms with E-state index in [1.165, 1.54) is 0 Å². The van der Waals surface area contributed by atoms with Crippen LogP contribution in [0.2, 0.25) is 0 Å². The van der Waals surface area contributed by atoms with Crippen LogP contribution in [0.4, 0.5) is 0 Å². The van der Waals surface area contributed by atoms with Gasteiger partial charge in [0.2, 0.25) is 15.9 Å². The number of hydrogen-bond donors (Lipinski definition) is 0. The Balaban J connectivity index is 1.47. The molecule has 1 heterocycles. The molecule has 1 saturated heterocycles. The van der Waals surface area contributed by atoms with Crippen LogP contribution in [0.3, 0.4) is 0 Å². The van der Waals surface area contributed by atoms with Gasteiger partial charge in [-0.2, -0.15) is 4.31 Å². The van der Waals surface area contributed by atoms with Gasteiger partial charge in [-0.15, -0.1) is 0 Å². The average molecular weight is 461 g/mol. The molecule has 0 spiro atoms. The number of ketones is 1. The largest absolute Gasteiger partial charge is 0.340 e. The van der Waals surface area contributed by atoms with Crippen LogP contribution in [0, 0.1) is 52.4 Å². The molecule has 2 saturated carbocycles. The van der Waals surface area contributed by atoms with Gasteiger partial charge in [0.05, 0.1) is 4.90 Å². The molecule has 2 atom stereocenters. The molecule has 2 bridgehead atoms. The summed E-state index contributed by atoms with van der Waals surface area (Å²) >= 11 is 0. The van der Waals surface area contributed by atoms with Crippen LogP contribution in [-0.4, -0.2) is 55.5 Å². The summed E-state index contributed by atoms with van der Waals surface area (Å²) in [5.74, 6) is 0.499. The maximum atomic E-state index is 13.6. The fourth-order valence-corrected chi connectivity index (χ4v) is 8.05. The normalized spacial score (nSPS) is 27.0. The van der Waals surface area contributed by atoms with Gasteiger partial charge in [0.15, 0.2) is 0 Å². The first-order valence-electron chi connectivity index (χ1n) is 11.9. The van der Waals surface area contributed by atoms with E-state index in [-0.39, 0.29) is 23.7 Å². The Bertz CT molecular complexity index is 1010. The number of piperazine rings is 1. The average Bonchev–Trinajstić information content (AvgIpc) is 2.76. The van der Waals surface area contributed by atoms with Gasteiger partial charge in [0.25, 0.3) is 0 Å². The van der Waals surface area contributed by atoms with Crippen molar-refractivity contribution in [1.82, 2.24) is 9.21 Å². The molecule has 0 N–H and O–H groups in total. The summed E-state index contributed by atoms with van der Waals surface area (Å²) in [6.07, 6.45) is 4.27. The molecule has 1 amide bonds. The first kappa shape index (κ1) is 23.4. The van der Waals surface area contributed by atoms with E-state index in [2.05, 4.69) is 0 Å². The van der Waals surface area contributed by atoms with Crippen LogP contribution in [0.15, 0.2) is 4.90 Å². The summed E-state index contributed by atoms with van der Waals surface area (Å²) in [7, 11) is -3.63. The molecule has 3 aliphatic rings. The predicted molar refractivity (Wildman–Crippen MR) is 124 cm³/mol. The number of hydrogen-bond acceptors (Lipinski definition) is 4. The quantitative estimate of drug-likeness (QED) is 0.692. The van der Waals surface area contributed by atoms with Crippen molar-refractivity contribution in [1.29, 1.82) is 0 Å². The fourth-order valence-electron chi connectivity index (χ4n) is 6.07. The summed E-state index contributed by atoms with van der Waals surface area (Å²) in [6, 6.07) is 0. The number of nitrogens with zero attached hydrogens (tertiary/aromatic N) is 2. The van der Waals surface area contributed by atoms with Crippen molar-refractivity contribution < 1.29 is 18.0 Å². The molecular formula is C25H36N2O4S. The molecule has 7 heteroatoms. The van der Waals surface area contributed by atoms with E-state index in [0.717, 1.165) is 47.1 Å². The highest BCUT2D eigenvalue weighted by Crippen LogP contribution is 2.41. The van der Waals surface area contributed by atoms with E-state index in [9.17, 15) is 18.0 Å². The van der Waals surface area contributed by atoms with Crippen LogP contribution in [0.5, 0.6) is 0 Å². The van der Waals surface area contributed by atoms with E-state index in [0.29, 0.717) is 49.7 Å². The van der Waals surface area contributed by atoms with E-state index in [1.54, 1.807) is 4.31 Å². The number of fused-ring (bicyclic) bond motifs is 2. The lowest BCUT2D eigenvalue weighted by Crippen LogP contribution is -2.53. The Hall–Kier alpha value is -1.73. The number of carbonyl (C=O) groups excluding carboxylic acids is 2. The summed E-state index contributed by atoms with van der Waals surface area (Å²) in [4.78, 5) is 27.8. The molecule has 3 fully saturated rings. The maximum Gasteiger partial charge on any atom is 0.243 e. The number of carbonyl (C=O) groups is 2. The molecule has 1 aromatic rings. The molecular weight excluding hydrogens is 424 g/mol. The minimum absolute atomic E-state index is 0.0529. The van der Waals surface area contributed by atoms with Crippen molar-refractivity contribution in [3.05, 3.63) is 27.8 Å². The summed E-state index contributed by atoms with van der Waals surface area (Å²) in [5, 5.41) is 0. The van der Waals surface area contributed by atoms with Crippen molar-refractivity contribution in [2.75, 3.05) is 26.2 Å². The fraction of sp³-hybridized carbons (Fsp3) is 0.680. The van der Waals surface area contributed by atoms with Crippen LogP contribution < -0.4 is 0 Å². The Morgan fingerprint density at radius 3 is 1.75 bits per heavy atom. The minimum Gasteiger partial charge on any atom is -0.340 e. The topological polar surface area (TPSA) is 74.8 Å². The zero-order valence-corrected chi connectivity index (χ0v) is 20.8. The standard InChI is InChI=1S/C25H36N2O4S/c1-15-16(2)18(4)24(19(5)17(15)3)32(30,31)27-11-9-26(10-12-27)25(29)22-13-20-7-6-8-21(14-22)23(20)28/h20-22H,6-14H2,1-5H3. The van der Waals surface area contributed by atoms with Crippen LogP contribution in [-0.2, 0) is 19.6 Å². The van der Waals surface area contributed by atoms with Gasteiger partial charge in [-0.05, 0) is 88.1 Å². The SMILES string of the molecule is Cc1c(C)c(C)c(S(=O)(=O)N2CCN(C(=O)C3CC4CCCC(C3)C4=O)CC2)c(C)c1C. The second kappa shape index (κ2) is 8.56. The van der Waals surface area contributed by atoms with Crippen LogP contribution >= 0.6 is 0 Å². The molecule has 2 unspecified atom stereocenters. The Kier molecular flexibility index (Phi) is 6.27. The second-order valence-corrected chi connectivity index (χ2v) is 12.0. The van der Waals surface area contributed by atoms with Gasteiger partial charge in [-0.3, -0.25) is 9.59 Å². The van der Waals surface area contributed by atoms with E-state index in [4.69, 9.17) is 0 Å². The van der Waals surface area contributed by atoms with Crippen LogP contribution in [0.25, 0.3) is 0 Å². The minimum atomic E-state index is -3.63. The lowest BCUT2D eigenvalue weighted by Gasteiger charge is -2.41. The molecule has 4 rings (SSSR count). The summed E-state index contributed by atoms with van der Waals surface area (Å²) < 4.78 is 28.7. The van der Waals surface area contributed by atoms with Gasteiger partial charge in [0.1, 0.15) is 5.78 Å². The van der Waals surface area contributed by atoms with Crippen molar-refractivity contribution in [2.45, 2.75) is 71.6 Å². The highest BCUT2D eigenvalue weighted by molar-refractivity contribution is 7.89. The smallest absolute Gasteiger partial charge is 0.243 e. The van der Waals surface area contributed by atoms with Gasteiger partial charge in [-0.1, -0.05) is 6.42 Å². The molecule has 6 nitrogen and oxygen atoms in total. The number of sulfonamides is 1. The molecule has 0 radical (unpaired) electrons. The highest BCUT2D eigenvalue weighted by atomic mass is 32.2. The number of rotatable bonds is 3. The highest BCUT2D eigenvalue weighted by Gasteiger charge is 2.43.